The van der Waals surface area contributed by atoms with Crippen LogP contribution in [0.4, 0.5) is 0 Å². The largest absolute Gasteiger partial charge is 0.508 e. The van der Waals surface area contributed by atoms with E-state index in [0.717, 1.165) is 18.5 Å². The number of benzene rings is 1. The zero-order chi connectivity index (χ0) is 11.5. The molecular weight excluding hydrogens is 186 g/mol. The molecule has 0 bridgehead atoms. The van der Waals surface area contributed by atoms with Crippen molar-refractivity contribution in [1.29, 1.82) is 0 Å². The molecule has 0 radical (unpaired) electrons. The van der Waals surface area contributed by atoms with Crippen molar-refractivity contribution in [2.75, 3.05) is 13.6 Å². The van der Waals surface area contributed by atoms with Gasteiger partial charge in [-0.15, -0.1) is 0 Å². The molecule has 0 amide bonds. The molecule has 0 unspecified atom stereocenters. The Morgan fingerprint density at radius 3 is 2.40 bits per heavy atom. The fourth-order valence-electron chi connectivity index (χ4n) is 1.50. The van der Waals surface area contributed by atoms with Crippen molar-refractivity contribution < 1.29 is 5.11 Å². The number of nitrogens with one attached hydrogen (secondary N) is 1. The van der Waals surface area contributed by atoms with Gasteiger partial charge in [0.1, 0.15) is 5.75 Å². The lowest BCUT2D eigenvalue weighted by Gasteiger charge is -2.20. The summed E-state index contributed by atoms with van der Waals surface area (Å²) in [5.74, 6) is 0.415. The maximum atomic E-state index is 9.85. The van der Waals surface area contributed by atoms with Crippen LogP contribution < -0.4 is 5.32 Å². The smallest absolute Gasteiger partial charge is 0.119 e. The number of rotatable bonds is 3. The molecule has 0 heterocycles. The van der Waals surface area contributed by atoms with E-state index >= 15 is 0 Å². The SMILES string of the molecule is CNCCc1ccc(C(C)(C)C)cc1O. The number of aromatic hydroxyl groups is 1. The number of hydrogen-bond acceptors (Lipinski definition) is 2. The molecule has 0 fully saturated rings. The van der Waals surface area contributed by atoms with Gasteiger partial charge in [0.15, 0.2) is 0 Å². The summed E-state index contributed by atoms with van der Waals surface area (Å²) < 4.78 is 0. The molecule has 0 aromatic heterocycles. The van der Waals surface area contributed by atoms with Gasteiger partial charge < -0.3 is 10.4 Å². The molecule has 0 spiro atoms. The Kier molecular flexibility index (Phi) is 3.75. The van der Waals surface area contributed by atoms with Gasteiger partial charge >= 0.3 is 0 Å². The second-order valence-electron chi connectivity index (χ2n) is 4.95. The quantitative estimate of drug-likeness (QED) is 0.798. The van der Waals surface area contributed by atoms with Crippen molar-refractivity contribution in [3.8, 4) is 5.75 Å². The molecule has 0 aliphatic rings. The highest BCUT2D eigenvalue weighted by Crippen LogP contribution is 2.27. The van der Waals surface area contributed by atoms with E-state index in [-0.39, 0.29) is 5.41 Å². The zero-order valence-corrected chi connectivity index (χ0v) is 10.1. The van der Waals surface area contributed by atoms with E-state index < -0.39 is 0 Å². The van der Waals surface area contributed by atoms with Crippen molar-refractivity contribution >= 4 is 0 Å². The highest BCUT2D eigenvalue weighted by Gasteiger charge is 2.14. The number of phenolic OH excluding ortho intramolecular Hbond substituents is 1. The Hall–Kier alpha value is -1.02. The van der Waals surface area contributed by atoms with Gasteiger partial charge in [-0.3, -0.25) is 0 Å². The third kappa shape index (κ3) is 3.24. The molecule has 2 nitrogen and oxygen atoms in total. The van der Waals surface area contributed by atoms with Crippen molar-refractivity contribution in [3.63, 3.8) is 0 Å². The van der Waals surface area contributed by atoms with Crippen LogP contribution in [0.1, 0.15) is 31.9 Å². The summed E-state index contributed by atoms with van der Waals surface area (Å²) in [7, 11) is 1.92. The first-order valence-electron chi connectivity index (χ1n) is 5.42. The fourth-order valence-corrected chi connectivity index (χ4v) is 1.50. The van der Waals surface area contributed by atoms with E-state index in [9.17, 15) is 5.11 Å². The molecule has 1 rings (SSSR count). The molecule has 1 aromatic carbocycles. The summed E-state index contributed by atoms with van der Waals surface area (Å²) in [6, 6.07) is 6.00. The summed E-state index contributed by atoms with van der Waals surface area (Å²) in [4.78, 5) is 0. The van der Waals surface area contributed by atoms with Crippen LogP contribution >= 0.6 is 0 Å². The molecule has 0 saturated carbocycles. The van der Waals surface area contributed by atoms with Crippen LogP contribution in [0, 0.1) is 0 Å². The molecule has 15 heavy (non-hydrogen) atoms. The molecule has 0 atom stereocenters. The van der Waals surface area contributed by atoms with Crippen molar-refractivity contribution in [2.24, 2.45) is 0 Å². The Morgan fingerprint density at radius 2 is 1.93 bits per heavy atom. The zero-order valence-electron chi connectivity index (χ0n) is 10.1. The Labute approximate surface area is 92.3 Å². The fraction of sp³-hybridized carbons (Fsp3) is 0.538. The normalized spacial score (nSPS) is 11.7. The molecule has 0 saturated heterocycles. The van der Waals surface area contributed by atoms with E-state index in [2.05, 4.69) is 32.2 Å². The second kappa shape index (κ2) is 4.67. The average Bonchev–Trinajstić information content (AvgIpc) is 2.14. The van der Waals surface area contributed by atoms with Crippen LogP contribution in [-0.2, 0) is 11.8 Å². The number of phenols is 1. The standard InChI is InChI=1S/C13H21NO/c1-13(2,3)11-6-5-10(7-8-14-4)12(15)9-11/h5-6,9,14-15H,7-8H2,1-4H3. The lowest BCUT2D eigenvalue weighted by Crippen LogP contribution is -2.12. The van der Waals surface area contributed by atoms with E-state index in [1.54, 1.807) is 0 Å². The Bertz CT molecular complexity index is 326. The number of hydrogen-bond donors (Lipinski definition) is 2. The summed E-state index contributed by atoms with van der Waals surface area (Å²) in [5.41, 5.74) is 2.28. The van der Waals surface area contributed by atoms with Gasteiger partial charge in [-0.05, 0) is 42.6 Å². The second-order valence-corrected chi connectivity index (χ2v) is 4.95. The number of likely N-dealkylation sites (N-methyl/N-ethyl adjacent to an activating group) is 1. The average molecular weight is 207 g/mol. The minimum absolute atomic E-state index is 0.0962. The van der Waals surface area contributed by atoms with E-state index in [0.29, 0.717) is 5.75 Å². The lowest BCUT2D eigenvalue weighted by molar-refractivity contribution is 0.463. The maximum absolute atomic E-state index is 9.85. The van der Waals surface area contributed by atoms with E-state index in [1.807, 2.05) is 19.2 Å². The molecule has 2 heteroatoms. The van der Waals surface area contributed by atoms with Crippen LogP contribution in [0.3, 0.4) is 0 Å². The third-order valence-electron chi connectivity index (χ3n) is 2.60. The van der Waals surface area contributed by atoms with Crippen LogP contribution in [-0.4, -0.2) is 18.7 Å². The highest BCUT2D eigenvalue weighted by molar-refractivity contribution is 5.39. The van der Waals surface area contributed by atoms with Crippen LogP contribution in [0.5, 0.6) is 5.75 Å². The molecule has 1 aromatic rings. The lowest BCUT2D eigenvalue weighted by atomic mass is 9.86. The topological polar surface area (TPSA) is 32.3 Å². The van der Waals surface area contributed by atoms with Crippen LogP contribution in [0.2, 0.25) is 0 Å². The third-order valence-corrected chi connectivity index (χ3v) is 2.60. The van der Waals surface area contributed by atoms with Crippen molar-refractivity contribution in [2.45, 2.75) is 32.6 Å². The summed E-state index contributed by atoms with van der Waals surface area (Å²) in [6.45, 7) is 7.33. The predicted octanol–water partition coefficient (Wildman–Crippen LogP) is 2.45. The monoisotopic (exact) mass is 207 g/mol. The molecule has 84 valence electrons. The van der Waals surface area contributed by atoms with E-state index in [4.69, 9.17) is 0 Å². The van der Waals surface area contributed by atoms with Crippen LogP contribution in [0.15, 0.2) is 18.2 Å². The van der Waals surface area contributed by atoms with Gasteiger partial charge in [0.2, 0.25) is 0 Å². The Morgan fingerprint density at radius 1 is 1.27 bits per heavy atom. The molecule has 0 aliphatic heterocycles. The highest BCUT2D eigenvalue weighted by atomic mass is 16.3. The minimum Gasteiger partial charge on any atom is -0.508 e. The molecule has 2 N–H and O–H groups in total. The maximum Gasteiger partial charge on any atom is 0.119 e. The first-order valence-corrected chi connectivity index (χ1v) is 5.42. The van der Waals surface area contributed by atoms with Crippen molar-refractivity contribution in [1.82, 2.24) is 5.32 Å². The Balaban J connectivity index is 2.88. The van der Waals surface area contributed by atoms with Gasteiger partial charge in [0.25, 0.3) is 0 Å². The van der Waals surface area contributed by atoms with Crippen LogP contribution in [0.25, 0.3) is 0 Å². The molecular formula is C13H21NO. The molecule has 0 aliphatic carbocycles. The van der Waals surface area contributed by atoms with E-state index in [1.165, 1.54) is 5.56 Å². The summed E-state index contributed by atoms with van der Waals surface area (Å²) in [6.07, 6.45) is 0.868. The van der Waals surface area contributed by atoms with Gasteiger partial charge in [0, 0.05) is 0 Å². The van der Waals surface area contributed by atoms with Crippen molar-refractivity contribution in [3.05, 3.63) is 29.3 Å². The summed E-state index contributed by atoms with van der Waals surface area (Å²) >= 11 is 0. The van der Waals surface area contributed by atoms with Gasteiger partial charge in [-0.1, -0.05) is 32.9 Å². The minimum atomic E-state index is 0.0962. The first kappa shape index (κ1) is 12.1. The first-order chi connectivity index (χ1) is 6.95. The van der Waals surface area contributed by atoms with Gasteiger partial charge in [-0.2, -0.15) is 0 Å². The summed E-state index contributed by atoms with van der Waals surface area (Å²) in [5, 5.41) is 12.9. The predicted molar refractivity (Wildman–Crippen MR) is 64.4 cm³/mol. The van der Waals surface area contributed by atoms with Gasteiger partial charge in [0.05, 0.1) is 0 Å². The van der Waals surface area contributed by atoms with Gasteiger partial charge in [-0.25, -0.2) is 0 Å².